The van der Waals surface area contributed by atoms with Crippen LogP contribution in [0, 0.1) is 0 Å². The highest BCUT2D eigenvalue weighted by atomic mass is 31.1. The minimum atomic E-state index is 0.400. The molecule has 0 rings (SSSR count). The Balaban J connectivity index is 3.30. The summed E-state index contributed by atoms with van der Waals surface area (Å²) in [6.45, 7) is 7.01. The van der Waals surface area contributed by atoms with Crippen molar-refractivity contribution in [2.24, 2.45) is 0 Å². The van der Waals surface area contributed by atoms with E-state index in [1.54, 1.807) is 12.3 Å². The molecule has 0 fully saturated rings. The van der Waals surface area contributed by atoms with Gasteiger partial charge in [-0.3, -0.25) is 0 Å². The van der Waals surface area contributed by atoms with Crippen molar-refractivity contribution < 1.29 is 0 Å². The molecule has 0 aromatic heterocycles. The number of rotatable bonds is 13. The molecule has 0 N–H and O–H groups in total. The molecule has 0 aliphatic carbocycles. The van der Waals surface area contributed by atoms with E-state index in [1.807, 2.05) is 0 Å². The normalized spacial score (nSPS) is 11.3. The smallest absolute Gasteiger partial charge is 0.0326 e. The zero-order valence-electron chi connectivity index (χ0n) is 12.6. The molecule has 0 unspecified atom stereocenters. The summed E-state index contributed by atoms with van der Waals surface area (Å²) in [5.74, 6) is 0. The van der Waals surface area contributed by atoms with Crippen LogP contribution in [0.5, 0.6) is 0 Å². The van der Waals surface area contributed by atoms with Crippen LogP contribution in [0.15, 0.2) is 0 Å². The van der Waals surface area contributed by atoms with E-state index in [0.29, 0.717) is 7.92 Å². The first-order valence-corrected chi connectivity index (χ1v) is 9.97. The van der Waals surface area contributed by atoms with Crippen LogP contribution in [0.4, 0.5) is 0 Å². The third kappa shape index (κ3) is 12.7. The van der Waals surface area contributed by atoms with E-state index in [1.165, 1.54) is 70.4 Å². The molecule has 0 radical (unpaired) electrons. The highest BCUT2D eigenvalue weighted by Crippen LogP contribution is 2.37. The van der Waals surface area contributed by atoms with Crippen LogP contribution in [-0.4, -0.2) is 18.5 Å². The lowest BCUT2D eigenvalue weighted by Crippen LogP contribution is -1.94. The first kappa shape index (κ1) is 17.4. The molecule has 0 aromatic rings. The highest BCUT2D eigenvalue weighted by molar-refractivity contribution is 7.57. The lowest BCUT2D eigenvalue weighted by atomic mass is 10.2. The summed E-state index contributed by atoms with van der Waals surface area (Å²) in [5, 5.41) is 0. The van der Waals surface area contributed by atoms with Crippen LogP contribution in [0.1, 0.15) is 85.0 Å². The molecule has 0 aromatic carbocycles. The van der Waals surface area contributed by atoms with Crippen LogP contribution in [0.2, 0.25) is 0 Å². The van der Waals surface area contributed by atoms with E-state index in [2.05, 4.69) is 20.8 Å². The lowest BCUT2D eigenvalue weighted by Gasteiger charge is -2.15. The fourth-order valence-corrected chi connectivity index (χ4v) is 4.50. The zero-order chi connectivity index (χ0) is 12.8. The van der Waals surface area contributed by atoms with Gasteiger partial charge in [-0.15, -0.1) is 7.92 Å². The van der Waals surface area contributed by atoms with Gasteiger partial charge in [-0.25, -0.2) is 0 Å². The van der Waals surface area contributed by atoms with Crippen molar-refractivity contribution >= 4 is 7.92 Å². The second kappa shape index (κ2) is 14.5. The molecular weight excluding hydrogens is 223 g/mol. The minimum absolute atomic E-state index is 0.400. The van der Waals surface area contributed by atoms with E-state index in [4.69, 9.17) is 0 Å². The maximum absolute atomic E-state index is 2.41. The molecule has 0 spiro atoms. The van der Waals surface area contributed by atoms with Gasteiger partial charge in [0, 0.05) is 0 Å². The van der Waals surface area contributed by atoms with Gasteiger partial charge in [-0.05, 0) is 31.3 Å². The van der Waals surface area contributed by atoms with E-state index in [9.17, 15) is 0 Å². The van der Waals surface area contributed by atoms with Gasteiger partial charge in [0.1, 0.15) is 0 Å². The second-order valence-electron chi connectivity index (χ2n) is 5.26. The van der Waals surface area contributed by atoms with Gasteiger partial charge in [0.25, 0.3) is 0 Å². The molecule has 0 heterocycles. The fraction of sp³-hybridized carbons (Fsp3) is 1.00. The number of unbranched alkanes of at least 4 members (excludes halogenated alkanes) is 8. The fourth-order valence-electron chi connectivity index (χ4n) is 2.31. The maximum atomic E-state index is 2.41. The van der Waals surface area contributed by atoms with Crippen molar-refractivity contribution in [3.05, 3.63) is 0 Å². The van der Waals surface area contributed by atoms with Crippen molar-refractivity contribution in [2.75, 3.05) is 18.5 Å². The summed E-state index contributed by atoms with van der Waals surface area (Å²) in [6, 6.07) is 0. The molecule has 17 heavy (non-hydrogen) atoms. The summed E-state index contributed by atoms with van der Waals surface area (Å²) < 4.78 is 0. The molecule has 0 saturated heterocycles. The van der Waals surface area contributed by atoms with E-state index >= 15 is 0 Å². The maximum Gasteiger partial charge on any atom is -0.0326 e. The lowest BCUT2D eigenvalue weighted by molar-refractivity contribution is 0.652. The highest BCUT2D eigenvalue weighted by Gasteiger charge is 2.04. The molecule has 0 bridgehead atoms. The quantitative estimate of drug-likeness (QED) is 0.264. The molecule has 1 heteroatoms. The first-order valence-electron chi connectivity index (χ1n) is 8.07. The Hall–Kier alpha value is 0.430. The third-order valence-electron chi connectivity index (χ3n) is 3.60. The molecule has 0 nitrogen and oxygen atoms in total. The van der Waals surface area contributed by atoms with Gasteiger partial charge < -0.3 is 0 Å². The standard InChI is InChI=1S/C16H35P/c1-4-7-9-11-13-15-17(6-3)16-14-12-10-8-5-2/h4-16H2,1-3H3. The van der Waals surface area contributed by atoms with Crippen molar-refractivity contribution in [3.63, 3.8) is 0 Å². The molecular formula is C16H35P. The van der Waals surface area contributed by atoms with Crippen molar-refractivity contribution in [3.8, 4) is 0 Å². The Morgan fingerprint density at radius 2 is 0.941 bits per heavy atom. The van der Waals surface area contributed by atoms with Gasteiger partial charge in [0.2, 0.25) is 0 Å². The van der Waals surface area contributed by atoms with Crippen LogP contribution >= 0.6 is 7.92 Å². The molecule has 0 saturated carbocycles. The van der Waals surface area contributed by atoms with Gasteiger partial charge >= 0.3 is 0 Å². The van der Waals surface area contributed by atoms with Gasteiger partial charge in [-0.1, -0.05) is 72.1 Å². The van der Waals surface area contributed by atoms with Crippen molar-refractivity contribution in [2.45, 2.75) is 85.0 Å². The second-order valence-corrected chi connectivity index (χ2v) is 8.13. The SMILES string of the molecule is CCCCCCCP(CC)CCCCCCC. The Labute approximate surface area is 112 Å². The molecule has 104 valence electrons. The number of hydrogen-bond donors (Lipinski definition) is 0. The minimum Gasteiger partial charge on any atom is -0.107 e. The molecule has 0 amide bonds. The Morgan fingerprint density at radius 3 is 1.29 bits per heavy atom. The van der Waals surface area contributed by atoms with Gasteiger partial charge in [0.15, 0.2) is 0 Å². The van der Waals surface area contributed by atoms with Crippen LogP contribution in [0.3, 0.4) is 0 Å². The predicted molar refractivity (Wildman–Crippen MR) is 84.7 cm³/mol. The summed E-state index contributed by atoms with van der Waals surface area (Å²) in [4.78, 5) is 0. The van der Waals surface area contributed by atoms with Crippen LogP contribution < -0.4 is 0 Å². The third-order valence-corrected chi connectivity index (χ3v) is 6.39. The van der Waals surface area contributed by atoms with E-state index < -0.39 is 0 Å². The zero-order valence-corrected chi connectivity index (χ0v) is 13.5. The Bertz CT molecular complexity index is 119. The molecule has 0 aliphatic rings. The average molecular weight is 258 g/mol. The Kier molecular flexibility index (Phi) is 14.9. The summed E-state index contributed by atoms with van der Waals surface area (Å²) in [5.41, 5.74) is 0. The predicted octanol–water partition coefficient (Wildman–Crippen LogP) is 6.43. The van der Waals surface area contributed by atoms with Crippen LogP contribution in [-0.2, 0) is 0 Å². The van der Waals surface area contributed by atoms with Gasteiger partial charge in [-0.2, -0.15) is 0 Å². The molecule has 0 atom stereocenters. The monoisotopic (exact) mass is 258 g/mol. The summed E-state index contributed by atoms with van der Waals surface area (Å²) in [7, 11) is 0.400. The largest absolute Gasteiger partial charge is 0.107 e. The van der Waals surface area contributed by atoms with E-state index in [0.717, 1.165) is 0 Å². The van der Waals surface area contributed by atoms with E-state index in [-0.39, 0.29) is 0 Å². The molecule has 0 aliphatic heterocycles. The van der Waals surface area contributed by atoms with Crippen LogP contribution in [0.25, 0.3) is 0 Å². The number of hydrogen-bond acceptors (Lipinski definition) is 0. The first-order chi connectivity index (χ1) is 8.35. The van der Waals surface area contributed by atoms with Gasteiger partial charge in [0.05, 0.1) is 0 Å². The average Bonchev–Trinajstić information content (AvgIpc) is 2.36. The topological polar surface area (TPSA) is 0 Å². The summed E-state index contributed by atoms with van der Waals surface area (Å²) in [6.07, 6.45) is 19.2. The Morgan fingerprint density at radius 1 is 0.529 bits per heavy atom. The summed E-state index contributed by atoms with van der Waals surface area (Å²) >= 11 is 0. The van der Waals surface area contributed by atoms with Crippen molar-refractivity contribution in [1.29, 1.82) is 0 Å². The van der Waals surface area contributed by atoms with Crippen molar-refractivity contribution in [1.82, 2.24) is 0 Å².